The third kappa shape index (κ3) is 3.02. The molecule has 3 amide bonds. The van der Waals surface area contributed by atoms with E-state index >= 15 is 0 Å². The third-order valence-electron chi connectivity index (χ3n) is 8.19. The zero-order valence-electron chi connectivity index (χ0n) is 18.6. The number of rotatable bonds is 4. The molecule has 5 nitrogen and oxygen atoms in total. The summed E-state index contributed by atoms with van der Waals surface area (Å²) in [6.45, 7) is 3.88. The summed E-state index contributed by atoms with van der Waals surface area (Å²) in [6.07, 6.45) is 5.44. The van der Waals surface area contributed by atoms with Crippen molar-refractivity contribution in [3.05, 3.63) is 76.3 Å². The molecule has 1 aliphatic heterocycles. The molecule has 5 aliphatic rings. The van der Waals surface area contributed by atoms with E-state index in [1.165, 1.54) is 9.80 Å². The molecule has 2 saturated carbocycles. The van der Waals surface area contributed by atoms with E-state index in [1.807, 2.05) is 32.0 Å². The number of nitrogens with zero attached hydrogens (tertiary/aromatic N) is 2. The van der Waals surface area contributed by atoms with Crippen LogP contribution in [0, 0.1) is 49.4 Å². The predicted octanol–water partition coefficient (Wildman–Crippen LogP) is 4.61. The summed E-state index contributed by atoms with van der Waals surface area (Å²) in [5.41, 5.74) is 3.11. The van der Waals surface area contributed by atoms with Gasteiger partial charge < -0.3 is 0 Å². The van der Waals surface area contributed by atoms with Gasteiger partial charge in [0.15, 0.2) is 0 Å². The van der Waals surface area contributed by atoms with E-state index in [0.29, 0.717) is 28.1 Å². The number of hydrogen-bond donors (Lipinski definition) is 0. The molecule has 0 spiro atoms. The number of carbonyl (C=O) groups excluding carboxylic acids is 3. The van der Waals surface area contributed by atoms with Crippen molar-refractivity contribution >= 4 is 35.0 Å². The maximum absolute atomic E-state index is 13.7. The molecule has 168 valence electrons. The molecule has 6 heteroatoms. The summed E-state index contributed by atoms with van der Waals surface area (Å²) in [4.78, 5) is 43.5. The first-order valence-corrected chi connectivity index (χ1v) is 11.9. The lowest BCUT2D eigenvalue weighted by molar-refractivity contribution is -0.140. The second-order valence-electron chi connectivity index (χ2n) is 9.88. The van der Waals surface area contributed by atoms with Crippen molar-refractivity contribution in [3.63, 3.8) is 0 Å². The van der Waals surface area contributed by atoms with Crippen LogP contribution in [0.5, 0.6) is 0 Å². The van der Waals surface area contributed by atoms with E-state index in [-0.39, 0.29) is 48.1 Å². The van der Waals surface area contributed by atoms with Crippen molar-refractivity contribution in [1.82, 2.24) is 4.90 Å². The molecule has 0 N–H and O–H groups in total. The highest BCUT2D eigenvalue weighted by Gasteiger charge is 2.67. The minimum atomic E-state index is -0.330. The van der Waals surface area contributed by atoms with E-state index in [0.717, 1.165) is 17.5 Å². The van der Waals surface area contributed by atoms with Crippen molar-refractivity contribution in [2.45, 2.75) is 20.3 Å². The highest BCUT2D eigenvalue weighted by Crippen LogP contribution is 2.65. The maximum atomic E-state index is 13.7. The van der Waals surface area contributed by atoms with Gasteiger partial charge in [0.1, 0.15) is 6.67 Å². The van der Waals surface area contributed by atoms with Gasteiger partial charge in [0.25, 0.3) is 5.91 Å². The predicted molar refractivity (Wildman–Crippen MR) is 126 cm³/mol. The number of benzene rings is 2. The smallest absolute Gasteiger partial charge is 0.261 e. The summed E-state index contributed by atoms with van der Waals surface area (Å²) in [5.74, 6) is 0.203. The molecular formula is C27H25ClN2O3. The zero-order valence-corrected chi connectivity index (χ0v) is 19.3. The molecule has 33 heavy (non-hydrogen) atoms. The molecule has 1 heterocycles. The summed E-state index contributed by atoms with van der Waals surface area (Å²) in [7, 11) is 0. The molecular weight excluding hydrogens is 436 g/mol. The number of halogens is 1. The summed E-state index contributed by atoms with van der Waals surface area (Å²) < 4.78 is 0. The van der Waals surface area contributed by atoms with E-state index in [1.54, 1.807) is 24.3 Å². The standard InChI is InChI=1S/C27H25ClN2O3/c1-14-7-8-16(11-15(14)2)29(25(31)19-5-3-4-6-22(19)28)13-30-26(32)23-17-9-10-18(21-12-20(17)21)24(23)27(30)33/h3-11,17-18,20-21,23-24H,12-13H2,1-2H3. The Kier molecular flexibility index (Phi) is 4.57. The van der Waals surface area contributed by atoms with Crippen molar-refractivity contribution < 1.29 is 14.4 Å². The molecule has 7 rings (SSSR count). The molecule has 0 aromatic heterocycles. The fourth-order valence-electron chi connectivity index (χ4n) is 6.24. The number of aryl methyl sites for hydroxylation is 2. The van der Waals surface area contributed by atoms with E-state index in [4.69, 9.17) is 11.6 Å². The monoisotopic (exact) mass is 460 g/mol. The summed E-state index contributed by atoms with van der Waals surface area (Å²) in [5, 5.41) is 0.339. The third-order valence-corrected chi connectivity index (χ3v) is 8.52. The fourth-order valence-corrected chi connectivity index (χ4v) is 6.45. The number of anilines is 1. The minimum Gasteiger partial charge on any atom is -0.289 e. The second-order valence-corrected chi connectivity index (χ2v) is 10.3. The van der Waals surface area contributed by atoms with Crippen molar-refractivity contribution in [3.8, 4) is 0 Å². The van der Waals surface area contributed by atoms with Crippen LogP contribution in [0.1, 0.15) is 27.9 Å². The maximum Gasteiger partial charge on any atom is 0.261 e. The number of carbonyl (C=O) groups is 3. The molecule has 2 aromatic rings. The lowest BCUT2D eigenvalue weighted by Crippen LogP contribution is -2.45. The van der Waals surface area contributed by atoms with Gasteiger partial charge in [-0.25, -0.2) is 0 Å². The number of allylic oxidation sites excluding steroid dienone is 2. The quantitative estimate of drug-likeness (QED) is 0.494. The highest BCUT2D eigenvalue weighted by atomic mass is 35.5. The average Bonchev–Trinajstić information content (AvgIpc) is 3.59. The number of hydrogen-bond acceptors (Lipinski definition) is 3. The van der Waals surface area contributed by atoms with Crippen LogP contribution in [0.15, 0.2) is 54.6 Å². The molecule has 2 bridgehead atoms. The number of likely N-dealkylation sites (tertiary alicyclic amines) is 1. The normalized spacial score (nSPS) is 30.9. The molecule has 6 atom stereocenters. The van der Waals surface area contributed by atoms with Crippen LogP contribution in [-0.2, 0) is 9.59 Å². The Morgan fingerprint density at radius 3 is 2.21 bits per heavy atom. The van der Waals surface area contributed by atoms with Crippen LogP contribution in [0.25, 0.3) is 0 Å². The topological polar surface area (TPSA) is 57.7 Å². The first kappa shape index (κ1) is 20.7. The lowest BCUT2D eigenvalue weighted by atomic mass is 9.63. The SMILES string of the molecule is Cc1ccc(N(CN2C(=O)C3C4C=CC(C5CC45)C3C2=O)C(=O)c2ccccc2Cl)cc1C. The average molecular weight is 461 g/mol. The fraction of sp³-hybridized carbons (Fsp3) is 0.370. The lowest BCUT2D eigenvalue weighted by Gasteiger charge is -2.37. The zero-order chi connectivity index (χ0) is 23.0. The minimum absolute atomic E-state index is 0.105. The van der Waals surface area contributed by atoms with Crippen molar-refractivity contribution in [1.29, 1.82) is 0 Å². The number of imide groups is 1. The Morgan fingerprint density at radius 2 is 1.61 bits per heavy atom. The Morgan fingerprint density at radius 1 is 0.970 bits per heavy atom. The van der Waals surface area contributed by atoms with E-state index in [2.05, 4.69) is 12.2 Å². The summed E-state index contributed by atoms with van der Waals surface area (Å²) in [6, 6.07) is 12.6. The van der Waals surface area contributed by atoms with Crippen LogP contribution in [0.4, 0.5) is 5.69 Å². The van der Waals surface area contributed by atoms with Gasteiger partial charge in [-0.3, -0.25) is 24.2 Å². The van der Waals surface area contributed by atoms with Gasteiger partial charge in [0.05, 0.1) is 22.4 Å². The van der Waals surface area contributed by atoms with Gasteiger partial charge in [0.2, 0.25) is 11.8 Å². The van der Waals surface area contributed by atoms with Crippen LogP contribution >= 0.6 is 11.6 Å². The number of amides is 3. The van der Waals surface area contributed by atoms with Crippen LogP contribution < -0.4 is 4.90 Å². The van der Waals surface area contributed by atoms with Crippen LogP contribution in [0.3, 0.4) is 0 Å². The Hall–Kier alpha value is -2.92. The van der Waals surface area contributed by atoms with Crippen LogP contribution in [-0.4, -0.2) is 29.3 Å². The summed E-state index contributed by atoms with van der Waals surface area (Å²) >= 11 is 6.34. The first-order valence-electron chi connectivity index (χ1n) is 11.5. The highest BCUT2D eigenvalue weighted by molar-refractivity contribution is 6.34. The molecule has 1 saturated heterocycles. The Labute approximate surface area is 198 Å². The van der Waals surface area contributed by atoms with E-state index < -0.39 is 0 Å². The molecule has 2 aromatic carbocycles. The molecule has 3 fully saturated rings. The van der Waals surface area contributed by atoms with Crippen LogP contribution in [0.2, 0.25) is 5.02 Å². The van der Waals surface area contributed by atoms with Gasteiger partial charge in [-0.05, 0) is 79.3 Å². The van der Waals surface area contributed by atoms with Gasteiger partial charge in [0, 0.05) is 5.69 Å². The Bertz CT molecular complexity index is 1200. The van der Waals surface area contributed by atoms with Crippen molar-refractivity contribution in [2.24, 2.45) is 35.5 Å². The van der Waals surface area contributed by atoms with E-state index in [9.17, 15) is 14.4 Å². The van der Waals surface area contributed by atoms with Gasteiger partial charge in [-0.15, -0.1) is 0 Å². The molecule has 0 radical (unpaired) electrons. The van der Waals surface area contributed by atoms with Gasteiger partial charge in [-0.2, -0.15) is 0 Å². The largest absolute Gasteiger partial charge is 0.289 e. The molecule has 4 aliphatic carbocycles. The Balaban J connectivity index is 1.37. The van der Waals surface area contributed by atoms with Gasteiger partial charge in [-0.1, -0.05) is 42.0 Å². The van der Waals surface area contributed by atoms with Crippen molar-refractivity contribution in [2.75, 3.05) is 11.6 Å². The second kappa shape index (κ2) is 7.29. The first-order chi connectivity index (χ1) is 15.9. The van der Waals surface area contributed by atoms with Gasteiger partial charge >= 0.3 is 0 Å². The molecule has 6 unspecified atom stereocenters.